The molecular weight excluding hydrogens is 196 g/mol. The fourth-order valence-electron chi connectivity index (χ4n) is 1.83. The molecule has 0 bridgehead atoms. The molecule has 2 nitrogen and oxygen atoms in total. The van der Waals surface area contributed by atoms with Gasteiger partial charge in [-0.3, -0.25) is 0 Å². The third-order valence-corrected chi connectivity index (χ3v) is 3.15. The van der Waals surface area contributed by atoms with Crippen LogP contribution in [-0.2, 0) is 6.54 Å². The van der Waals surface area contributed by atoms with Gasteiger partial charge in [0.2, 0.25) is 0 Å². The van der Waals surface area contributed by atoms with E-state index in [-0.39, 0.29) is 0 Å². The zero-order chi connectivity index (χ0) is 12.0. The number of anilines is 1. The molecule has 0 spiro atoms. The molecule has 0 radical (unpaired) electrons. The van der Waals surface area contributed by atoms with Gasteiger partial charge in [-0.2, -0.15) is 0 Å². The molecule has 0 aliphatic rings. The molecule has 2 atom stereocenters. The van der Waals surface area contributed by atoms with Gasteiger partial charge in [0.25, 0.3) is 0 Å². The lowest BCUT2D eigenvalue weighted by Crippen LogP contribution is -2.27. The van der Waals surface area contributed by atoms with Gasteiger partial charge in [0.1, 0.15) is 0 Å². The van der Waals surface area contributed by atoms with Crippen molar-refractivity contribution in [2.45, 2.75) is 46.2 Å². The molecule has 0 amide bonds. The maximum absolute atomic E-state index is 5.89. The van der Waals surface area contributed by atoms with Gasteiger partial charge in [0.15, 0.2) is 0 Å². The number of rotatable bonds is 6. The van der Waals surface area contributed by atoms with E-state index in [1.165, 1.54) is 18.4 Å². The van der Waals surface area contributed by atoms with E-state index in [0.717, 1.165) is 18.2 Å². The summed E-state index contributed by atoms with van der Waals surface area (Å²) in [6, 6.07) is 8.59. The highest BCUT2D eigenvalue weighted by Crippen LogP contribution is 2.12. The Morgan fingerprint density at radius 1 is 1.25 bits per heavy atom. The van der Waals surface area contributed by atoms with Crippen molar-refractivity contribution in [1.82, 2.24) is 5.32 Å². The van der Waals surface area contributed by atoms with Crippen LogP contribution in [0.1, 0.15) is 39.2 Å². The van der Waals surface area contributed by atoms with Crippen LogP contribution in [0.2, 0.25) is 0 Å². The van der Waals surface area contributed by atoms with Crippen molar-refractivity contribution in [2.24, 2.45) is 5.92 Å². The van der Waals surface area contributed by atoms with Gasteiger partial charge in [-0.05, 0) is 30.9 Å². The summed E-state index contributed by atoms with van der Waals surface area (Å²) >= 11 is 0. The Hall–Kier alpha value is -1.02. The Balaban J connectivity index is 2.37. The zero-order valence-electron chi connectivity index (χ0n) is 10.7. The van der Waals surface area contributed by atoms with E-state index < -0.39 is 0 Å². The van der Waals surface area contributed by atoms with Gasteiger partial charge in [0.05, 0.1) is 0 Å². The average Bonchev–Trinajstić information content (AvgIpc) is 2.28. The predicted molar refractivity (Wildman–Crippen MR) is 71.2 cm³/mol. The van der Waals surface area contributed by atoms with E-state index in [4.69, 9.17) is 5.73 Å². The second-order valence-corrected chi connectivity index (χ2v) is 4.73. The van der Waals surface area contributed by atoms with E-state index in [1.807, 2.05) is 18.2 Å². The third-order valence-electron chi connectivity index (χ3n) is 3.15. The molecule has 2 heteroatoms. The highest BCUT2D eigenvalue weighted by atomic mass is 14.9. The van der Waals surface area contributed by atoms with Gasteiger partial charge < -0.3 is 11.1 Å². The fourth-order valence-corrected chi connectivity index (χ4v) is 1.83. The third kappa shape index (κ3) is 4.23. The minimum Gasteiger partial charge on any atom is -0.398 e. The number of hydrogen-bond donors (Lipinski definition) is 2. The second kappa shape index (κ2) is 6.54. The molecule has 3 N–H and O–H groups in total. The van der Waals surface area contributed by atoms with Crippen molar-refractivity contribution in [2.75, 3.05) is 5.73 Å². The monoisotopic (exact) mass is 220 g/mol. The van der Waals surface area contributed by atoms with Crippen molar-refractivity contribution in [3.05, 3.63) is 29.8 Å². The minimum absolute atomic E-state index is 0.551. The molecule has 90 valence electrons. The van der Waals surface area contributed by atoms with E-state index in [9.17, 15) is 0 Å². The smallest absolute Gasteiger partial charge is 0.0359 e. The molecule has 0 fully saturated rings. The van der Waals surface area contributed by atoms with Crippen molar-refractivity contribution in [1.29, 1.82) is 0 Å². The van der Waals surface area contributed by atoms with Crippen LogP contribution in [0.5, 0.6) is 0 Å². The van der Waals surface area contributed by atoms with E-state index in [0.29, 0.717) is 6.04 Å². The highest BCUT2D eigenvalue weighted by Gasteiger charge is 2.07. The number of nitrogen functional groups attached to an aromatic ring is 1. The molecule has 16 heavy (non-hydrogen) atoms. The molecule has 1 aromatic carbocycles. The Kier molecular flexibility index (Phi) is 5.33. The Morgan fingerprint density at radius 3 is 2.56 bits per heavy atom. The normalized spacial score (nSPS) is 14.7. The van der Waals surface area contributed by atoms with Gasteiger partial charge in [-0.15, -0.1) is 0 Å². The number of nitrogens with one attached hydrogen (secondary N) is 1. The standard InChI is InChI=1S/C14H24N2/c1-4-11(2)9-12(3)16-10-13-7-5-6-8-14(13)15/h5-8,11-12,16H,4,9-10,15H2,1-3H3. The first-order valence-electron chi connectivity index (χ1n) is 6.20. The van der Waals surface area contributed by atoms with Gasteiger partial charge >= 0.3 is 0 Å². The summed E-state index contributed by atoms with van der Waals surface area (Å²) in [5.41, 5.74) is 7.97. The van der Waals surface area contributed by atoms with Crippen LogP contribution in [0.25, 0.3) is 0 Å². The minimum atomic E-state index is 0.551. The maximum atomic E-state index is 5.89. The summed E-state index contributed by atoms with van der Waals surface area (Å²) in [6.45, 7) is 7.65. The van der Waals surface area contributed by atoms with E-state index in [2.05, 4.69) is 32.2 Å². The molecule has 0 aliphatic carbocycles. The number of benzene rings is 1. The summed E-state index contributed by atoms with van der Waals surface area (Å²) in [5, 5.41) is 3.52. The summed E-state index contributed by atoms with van der Waals surface area (Å²) in [4.78, 5) is 0. The summed E-state index contributed by atoms with van der Waals surface area (Å²) < 4.78 is 0. The van der Waals surface area contributed by atoms with Crippen molar-refractivity contribution < 1.29 is 0 Å². The first-order chi connectivity index (χ1) is 7.63. The lowest BCUT2D eigenvalue weighted by Gasteiger charge is -2.18. The van der Waals surface area contributed by atoms with Crippen LogP contribution in [0.15, 0.2) is 24.3 Å². The summed E-state index contributed by atoms with van der Waals surface area (Å²) in [5.74, 6) is 0.788. The molecule has 1 aromatic rings. The van der Waals surface area contributed by atoms with Crippen LogP contribution in [0.4, 0.5) is 5.69 Å². The molecule has 2 unspecified atom stereocenters. The largest absolute Gasteiger partial charge is 0.398 e. The second-order valence-electron chi connectivity index (χ2n) is 4.73. The summed E-state index contributed by atoms with van der Waals surface area (Å²) in [7, 11) is 0. The lowest BCUT2D eigenvalue weighted by atomic mass is 10.0. The number of para-hydroxylation sites is 1. The Bertz CT molecular complexity index is 309. The molecular formula is C14H24N2. The van der Waals surface area contributed by atoms with Gasteiger partial charge in [-0.25, -0.2) is 0 Å². The highest BCUT2D eigenvalue weighted by molar-refractivity contribution is 5.46. The topological polar surface area (TPSA) is 38.0 Å². The van der Waals surface area contributed by atoms with E-state index >= 15 is 0 Å². The zero-order valence-corrected chi connectivity index (χ0v) is 10.7. The SMILES string of the molecule is CCC(C)CC(C)NCc1ccccc1N. The van der Waals surface area contributed by atoms with Crippen molar-refractivity contribution in [3.63, 3.8) is 0 Å². The average molecular weight is 220 g/mol. The Morgan fingerprint density at radius 2 is 1.94 bits per heavy atom. The van der Waals surface area contributed by atoms with Crippen LogP contribution in [0, 0.1) is 5.92 Å². The van der Waals surface area contributed by atoms with Crippen LogP contribution < -0.4 is 11.1 Å². The summed E-state index contributed by atoms with van der Waals surface area (Å²) in [6.07, 6.45) is 2.47. The van der Waals surface area contributed by atoms with Crippen molar-refractivity contribution in [3.8, 4) is 0 Å². The number of nitrogens with two attached hydrogens (primary N) is 1. The maximum Gasteiger partial charge on any atom is 0.0359 e. The molecule has 0 heterocycles. The first kappa shape index (κ1) is 13.0. The number of hydrogen-bond acceptors (Lipinski definition) is 2. The van der Waals surface area contributed by atoms with Crippen molar-refractivity contribution >= 4 is 5.69 Å². The van der Waals surface area contributed by atoms with Gasteiger partial charge in [0, 0.05) is 18.3 Å². The molecule has 0 saturated carbocycles. The van der Waals surface area contributed by atoms with E-state index in [1.54, 1.807) is 0 Å². The molecule has 0 aliphatic heterocycles. The van der Waals surface area contributed by atoms with Crippen LogP contribution >= 0.6 is 0 Å². The lowest BCUT2D eigenvalue weighted by molar-refractivity contribution is 0.412. The molecule has 0 saturated heterocycles. The van der Waals surface area contributed by atoms with Crippen LogP contribution in [-0.4, -0.2) is 6.04 Å². The predicted octanol–water partition coefficient (Wildman–Crippen LogP) is 3.18. The van der Waals surface area contributed by atoms with Gasteiger partial charge in [-0.1, -0.05) is 38.5 Å². The fraction of sp³-hybridized carbons (Fsp3) is 0.571. The molecule has 1 rings (SSSR count). The first-order valence-corrected chi connectivity index (χ1v) is 6.20. The van der Waals surface area contributed by atoms with Crippen LogP contribution in [0.3, 0.4) is 0 Å². The molecule has 0 aromatic heterocycles. The quantitative estimate of drug-likeness (QED) is 0.723. The Labute approximate surface area is 99.2 Å².